The van der Waals surface area contributed by atoms with Crippen LogP contribution in [0.1, 0.15) is 25.0 Å². The summed E-state index contributed by atoms with van der Waals surface area (Å²) in [5.41, 5.74) is 2.57. The molecule has 0 heterocycles. The van der Waals surface area contributed by atoms with Gasteiger partial charge in [-0.05, 0) is 37.8 Å². The number of benzene rings is 1. The average molecular weight is 265 g/mol. The number of hydrogen-bond acceptors (Lipinski definition) is 3. The minimum Gasteiger partial charge on any atom is -0.496 e. The molecule has 2 unspecified atom stereocenters. The molecule has 19 heavy (non-hydrogen) atoms. The summed E-state index contributed by atoms with van der Waals surface area (Å²) in [5.74, 6) is 1.54. The second kappa shape index (κ2) is 8.18. The maximum absolute atomic E-state index is 5.44. The third-order valence-electron chi connectivity index (χ3n) is 3.60. The van der Waals surface area contributed by atoms with Crippen LogP contribution in [0.2, 0.25) is 0 Å². The van der Waals surface area contributed by atoms with Crippen LogP contribution in [0.5, 0.6) is 5.75 Å². The van der Waals surface area contributed by atoms with Crippen molar-refractivity contribution in [1.82, 2.24) is 5.32 Å². The molecule has 1 rings (SSSR count). The van der Waals surface area contributed by atoms with E-state index in [9.17, 15) is 0 Å². The molecule has 0 aliphatic heterocycles. The fraction of sp³-hybridized carbons (Fsp3) is 0.625. The van der Waals surface area contributed by atoms with Gasteiger partial charge in [0.05, 0.1) is 13.7 Å². The number of methoxy groups -OCH3 is 2. The molecule has 1 aromatic carbocycles. The van der Waals surface area contributed by atoms with E-state index in [0.717, 1.165) is 25.3 Å². The van der Waals surface area contributed by atoms with Crippen LogP contribution >= 0.6 is 0 Å². The quantitative estimate of drug-likeness (QED) is 0.733. The molecule has 0 amide bonds. The molecule has 0 aliphatic rings. The number of aryl methyl sites for hydroxylation is 1. The first-order chi connectivity index (χ1) is 9.08. The molecule has 0 radical (unpaired) electrons. The topological polar surface area (TPSA) is 30.5 Å². The number of hydrogen-bond donors (Lipinski definition) is 1. The van der Waals surface area contributed by atoms with Crippen molar-refractivity contribution < 1.29 is 9.47 Å². The van der Waals surface area contributed by atoms with Gasteiger partial charge < -0.3 is 14.8 Å². The van der Waals surface area contributed by atoms with Crippen molar-refractivity contribution >= 4 is 0 Å². The molecule has 1 N–H and O–H groups in total. The molecule has 0 aromatic heterocycles. The Labute approximate surface area is 117 Å². The van der Waals surface area contributed by atoms with E-state index < -0.39 is 0 Å². The summed E-state index contributed by atoms with van der Waals surface area (Å²) in [6.07, 6.45) is 1.02. The highest BCUT2D eigenvalue weighted by Crippen LogP contribution is 2.23. The molecule has 0 fully saturated rings. The van der Waals surface area contributed by atoms with Gasteiger partial charge in [0.15, 0.2) is 0 Å². The lowest BCUT2D eigenvalue weighted by Crippen LogP contribution is -2.35. The Bertz CT molecular complexity index is 379. The van der Waals surface area contributed by atoms with Crippen LogP contribution in [0.4, 0.5) is 0 Å². The van der Waals surface area contributed by atoms with Crippen LogP contribution in [-0.2, 0) is 11.2 Å². The van der Waals surface area contributed by atoms with E-state index in [0.29, 0.717) is 12.0 Å². The Morgan fingerprint density at radius 1 is 1.21 bits per heavy atom. The molecule has 0 saturated heterocycles. The lowest BCUT2D eigenvalue weighted by Gasteiger charge is -2.22. The van der Waals surface area contributed by atoms with Crippen molar-refractivity contribution in [2.75, 3.05) is 27.4 Å². The zero-order valence-electron chi connectivity index (χ0n) is 12.8. The van der Waals surface area contributed by atoms with Gasteiger partial charge in [0, 0.05) is 19.7 Å². The number of ether oxygens (including phenoxy) is 2. The zero-order valence-corrected chi connectivity index (χ0v) is 12.8. The summed E-state index contributed by atoms with van der Waals surface area (Å²) in [6, 6.07) is 6.82. The number of rotatable bonds is 8. The van der Waals surface area contributed by atoms with Gasteiger partial charge in [-0.2, -0.15) is 0 Å². The Morgan fingerprint density at radius 3 is 2.58 bits per heavy atom. The smallest absolute Gasteiger partial charge is 0.122 e. The van der Waals surface area contributed by atoms with Crippen LogP contribution in [0, 0.1) is 12.8 Å². The largest absolute Gasteiger partial charge is 0.496 e. The first-order valence-electron chi connectivity index (χ1n) is 6.94. The van der Waals surface area contributed by atoms with Crippen molar-refractivity contribution in [3.05, 3.63) is 29.3 Å². The van der Waals surface area contributed by atoms with Crippen LogP contribution in [0.3, 0.4) is 0 Å². The maximum Gasteiger partial charge on any atom is 0.122 e. The van der Waals surface area contributed by atoms with Crippen molar-refractivity contribution in [3.8, 4) is 5.75 Å². The molecule has 0 saturated carbocycles. The summed E-state index contributed by atoms with van der Waals surface area (Å²) in [7, 11) is 3.46. The van der Waals surface area contributed by atoms with Crippen molar-refractivity contribution in [2.24, 2.45) is 5.92 Å². The molecule has 3 nitrogen and oxygen atoms in total. The molecular weight excluding hydrogens is 238 g/mol. The van der Waals surface area contributed by atoms with E-state index >= 15 is 0 Å². The molecule has 1 aromatic rings. The van der Waals surface area contributed by atoms with Gasteiger partial charge in [-0.25, -0.2) is 0 Å². The molecule has 2 atom stereocenters. The lowest BCUT2D eigenvalue weighted by molar-refractivity contribution is 0.192. The van der Waals surface area contributed by atoms with E-state index in [1.54, 1.807) is 14.2 Å². The van der Waals surface area contributed by atoms with Crippen molar-refractivity contribution in [3.63, 3.8) is 0 Å². The Balaban J connectivity index is 2.60. The predicted octanol–water partition coefficient (Wildman–Crippen LogP) is 2.81. The highest BCUT2D eigenvalue weighted by atomic mass is 16.5. The van der Waals surface area contributed by atoms with Gasteiger partial charge in [0.1, 0.15) is 5.75 Å². The third kappa shape index (κ3) is 5.21. The summed E-state index contributed by atoms with van der Waals surface area (Å²) < 4.78 is 10.5. The highest BCUT2D eigenvalue weighted by molar-refractivity contribution is 5.37. The molecule has 0 spiro atoms. The SMILES string of the molecule is COCCNC(C)C(C)Cc1cc(C)ccc1OC. The van der Waals surface area contributed by atoms with Gasteiger partial charge in [-0.15, -0.1) is 0 Å². The Hall–Kier alpha value is -1.06. The molecule has 0 aliphatic carbocycles. The summed E-state index contributed by atoms with van der Waals surface area (Å²) >= 11 is 0. The molecule has 3 heteroatoms. The zero-order chi connectivity index (χ0) is 14.3. The van der Waals surface area contributed by atoms with E-state index in [4.69, 9.17) is 9.47 Å². The average Bonchev–Trinajstić information content (AvgIpc) is 2.39. The number of nitrogens with one attached hydrogen (secondary N) is 1. The minimum absolute atomic E-state index is 0.459. The Morgan fingerprint density at radius 2 is 1.95 bits per heavy atom. The van der Waals surface area contributed by atoms with E-state index in [-0.39, 0.29) is 0 Å². The lowest BCUT2D eigenvalue weighted by atomic mass is 9.93. The van der Waals surface area contributed by atoms with Crippen LogP contribution < -0.4 is 10.1 Å². The van der Waals surface area contributed by atoms with Gasteiger partial charge >= 0.3 is 0 Å². The van der Waals surface area contributed by atoms with Gasteiger partial charge in [-0.3, -0.25) is 0 Å². The third-order valence-corrected chi connectivity index (χ3v) is 3.60. The van der Waals surface area contributed by atoms with Crippen molar-refractivity contribution in [1.29, 1.82) is 0 Å². The predicted molar refractivity (Wildman–Crippen MR) is 79.9 cm³/mol. The summed E-state index contributed by atoms with van der Waals surface area (Å²) in [4.78, 5) is 0. The van der Waals surface area contributed by atoms with E-state index in [1.807, 2.05) is 0 Å². The maximum atomic E-state index is 5.44. The summed E-state index contributed by atoms with van der Waals surface area (Å²) in [5, 5.41) is 3.49. The summed E-state index contributed by atoms with van der Waals surface area (Å²) in [6.45, 7) is 8.26. The first-order valence-corrected chi connectivity index (χ1v) is 6.94. The molecule has 108 valence electrons. The second-order valence-corrected chi connectivity index (χ2v) is 5.23. The minimum atomic E-state index is 0.459. The van der Waals surface area contributed by atoms with Gasteiger partial charge in [0.2, 0.25) is 0 Å². The fourth-order valence-corrected chi connectivity index (χ4v) is 2.18. The highest BCUT2D eigenvalue weighted by Gasteiger charge is 2.14. The molecule has 0 bridgehead atoms. The van der Waals surface area contributed by atoms with E-state index in [1.165, 1.54) is 11.1 Å². The molecular formula is C16H27NO2. The first kappa shape index (κ1) is 16.0. The van der Waals surface area contributed by atoms with E-state index in [2.05, 4.69) is 44.3 Å². The normalized spacial score (nSPS) is 14.2. The van der Waals surface area contributed by atoms with Crippen LogP contribution in [0.25, 0.3) is 0 Å². The standard InChI is InChI=1S/C16H27NO2/c1-12-6-7-16(19-5)15(10-12)11-13(2)14(3)17-8-9-18-4/h6-7,10,13-14,17H,8-9,11H2,1-5H3. The van der Waals surface area contributed by atoms with Gasteiger partial charge in [0.25, 0.3) is 0 Å². The Kier molecular flexibility index (Phi) is 6.89. The van der Waals surface area contributed by atoms with Crippen molar-refractivity contribution in [2.45, 2.75) is 33.2 Å². The fourth-order valence-electron chi connectivity index (χ4n) is 2.18. The van der Waals surface area contributed by atoms with Gasteiger partial charge in [-0.1, -0.05) is 24.6 Å². The second-order valence-electron chi connectivity index (χ2n) is 5.23. The monoisotopic (exact) mass is 265 g/mol. The van der Waals surface area contributed by atoms with Crippen LogP contribution in [0.15, 0.2) is 18.2 Å². The van der Waals surface area contributed by atoms with Crippen LogP contribution in [-0.4, -0.2) is 33.4 Å².